The molecule has 6 nitrogen and oxygen atoms in total. The van der Waals surface area contributed by atoms with Gasteiger partial charge in [-0.2, -0.15) is 0 Å². The summed E-state index contributed by atoms with van der Waals surface area (Å²) in [5.74, 6) is 1.06. The van der Waals surface area contributed by atoms with Crippen molar-refractivity contribution in [1.29, 1.82) is 0 Å². The Bertz CT molecular complexity index is 890. The van der Waals surface area contributed by atoms with E-state index in [9.17, 15) is 4.79 Å². The monoisotopic (exact) mass is 435 g/mol. The molecule has 1 saturated heterocycles. The van der Waals surface area contributed by atoms with E-state index in [0.717, 1.165) is 24.8 Å². The van der Waals surface area contributed by atoms with Crippen molar-refractivity contribution in [3.8, 4) is 17.2 Å². The Kier molecular flexibility index (Phi) is 8.49. The molecule has 3 aromatic rings. The van der Waals surface area contributed by atoms with Crippen LogP contribution in [0, 0.1) is 0 Å². The number of aromatic nitrogens is 2. The molecule has 29 heavy (non-hydrogen) atoms. The van der Waals surface area contributed by atoms with E-state index in [2.05, 4.69) is 9.97 Å². The van der Waals surface area contributed by atoms with E-state index in [1.165, 1.54) is 6.26 Å². The third-order valence-corrected chi connectivity index (χ3v) is 4.71. The van der Waals surface area contributed by atoms with Gasteiger partial charge in [0.25, 0.3) is 5.91 Å². The number of nitrogens with zero attached hydrogens (tertiary/aromatic N) is 3. The normalized spacial score (nSPS) is 15.7. The van der Waals surface area contributed by atoms with Crippen LogP contribution >= 0.6 is 24.8 Å². The number of ether oxygens (including phenoxy) is 1. The molecule has 0 spiro atoms. The van der Waals surface area contributed by atoms with Gasteiger partial charge in [0.2, 0.25) is 5.89 Å². The van der Waals surface area contributed by atoms with Crippen LogP contribution in [0.1, 0.15) is 29.8 Å². The van der Waals surface area contributed by atoms with Crippen molar-refractivity contribution in [2.24, 2.45) is 0 Å². The molecule has 3 heterocycles. The van der Waals surface area contributed by atoms with Crippen molar-refractivity contribution in [2.75, 3.05) is 13.2 Å². The van der Waals surface area contributed by atoms with Gasteiger partial charge in [0, 0.05) is 18.3 Å². The number of oxazole rings is 1. The standard InChI is InChI=1S/C21H21N3O3.2ClH/c25-21(19-15-27-20(23-19)16-7-2-1-3-8-16)24-12-5-4-9-17(24)14-26-18-10-6-11-22-13-18;;/h1-3,6-8,10-11,13,15,17H,4-5,9,12,14H2;2*1H. The first-order valence-corrected chi connectivity index (χ1v) is 9.16. The number of piperidine rings is 1. The summed E-state index contributed by atoms with van der Waals surface area (Å²) in [4.78, 5) is 23.3. The Morgan fingerprint density at radius 1 is 1.14 bits per heavy atom. The predicted molar refractivity (Wildman–Crippen MR) is 115 cm³/mol. The number of carbonyl (C=O) groups excluding carboxylic acids is 1. The van der Waals surface area contributed by atoms with Gasteiger partial charge in [0.15, 0.2) is 5.69 Å². The lowest BCUT2D eigenvalue weighted by molar-refractivity contribution is 0.0522. The highest BCUT2D eigenvalue weighted by Crippen LogP contribution is 2.23. The average molecular weight is 436 g/mol. The number of hydrogen-bond donors (Lipinski definition) is 0. The highest BCUT2D eigenvalue weighted by molar-refractivity contribution is 5.92. The molecule has 2 aromatic heterocycles. The lowest BCUT2D eigenvalue weighted by Crippen LogP contribution is -2.46. The van der Waals surface area contributed by atoms with Gasteiger partial charge in [-0.15, -0.1) is 24.8 Å². The van der Waals surface area contributed by atoms with E-state index in [0.29, 0.717) is 30.5 Å². The van der Waals surface area contributed by atoms with Crippen molar-refractivity contribution in [3.63, 3.8) is 0 Å². The molecular formula is C21H23Cl2N3O3. The third-order valence-electron chi connectivity index (χ3n) is 4.71. The van der Waals surface area contributed by atoms with E-state index < -0.39 is 0 Å². The Morgan fingerprint density at radius 2 is 1.97 bits per heavy atom. The number of hydrogen-bond acceptors (Lipinski definition) is 5. The molecule has 1 amide bonds. The van der Waals surface area contributed by atoms with E-state index >= 15 is 0 Å². The van der Waals surface area contributed by atoms with Crippen LogP contribution in [0.4, 0.5) is 0 Å². The summed E-state index contributed by atoms with van der Waals surface area (Å²) in [6.45, 7) is 1.15. The van der Waals surface area contributed by atoms with Gasteiger partial charge in [-0.3, -0.25) is 9.78 Å². The number of carbonyl (C=O) groups is 1. The average Bonchev–Trinajstić information content (AvgIpc) is 3.24. The molecular weight excluding hydrogens is 413 g/mol. The summed E-state index contributed by atoms with van der Waals surface area (Å²) in [6, 6.07) is 13.3. The summed E-state index contributed by atoms with van der Waals surface area (Å²) in [7, 11) is 0. The number of benzene rings is 1. The fourth-order valence-corrected chi connectivity index (χ4v) is 3.30. The number of pyridine rings is 1. The molecule has 0 saturated carbocycles. The maximum absolute atomic E-state index is 13.0. The molecule has 1 unspecified atom stereocenters. The largest absolute Gasteiger partial charge is 0.490 e. The Balaban J connectivity index is 0.00000150. The molecule has 1 aliphatic heterocycles. The molecule has 4 rings (SSSR count). The minimum absolute atomic E-state index is 0. The van der Waals surface area contributed by atoms with Crippen LogP contribution in [0.3, 0.4) is 0 Å². The minimum Gasteiger partial charge on any atom is -0.490 e. The number of amides is 1. The van der Waals surface area contributed by atoms with E-state index in [1.54, 1.807) is 12.4 Å². The van der Waals surface area contributed by atoms with Gasteiger partial charge in [0.05, 0.1) is 12.2 Å². The third kappa shape index (κ3) is 5.49. The minimum atomic E-state index is -0.111. The molecule has 1 atom stereocenters. The summed E-state index contributed by atoms with van der Waals surface area (Å²) < 4.78 is 11.4. The molecule has 8 heteroatoms. The topological polar surface area (TPSA) is 68.5 Å². The van der Waals surface area contributed by atoms with Gasteiger partial charge in [-0.05, 0) is 43.5 Å². The maximum Gasteiger partial charge on any atom is 0.276 e. The molecule has 0 bridgehead atoms. The molecule has 0 aliphatic carbocycles. The first-order valence-electron chi connectivity index (χ1n) is 9.16. The van der Waals surface area contributed by atoms with Crippen LogP contribution in [0.2, 0.25) is 0 Å². The SMILES string of the molecule is Cl.Cl.O=C(c1coc(-c2ccccc2)n1)N1CCCCC1COc1cccnc1. The second-order valence-electron chi connectivity index (χ2n) is 6.55. The molecule has 1 fully saturated rings. The number of halogens is 2. The van der Waals surface area contributed by atoms with E-state index in [1.807, 2.05) is 47.4 Å². The smallest absolute Gasteiger partial charge is 0.276 e. The van der Waals surface area contributed by atoms with Crippen LogP contribution in [0.15, 0.2) is 65.5 Å². The van der Waals surface area contributed by atoms with Crippen molar-refractivity contribution < 1.29 is 13.9 Å². The summed E-state index contributed by atoms with van der Waals surface area (Å²) >= 11 is 0. The van der Waals surface area contributed by atoms with Gasteiger partial charge in [0.1, 0.15) is 18.6 Å². The zero-order valence-corrected chi connectivity index (χ0v) is 17.4. The molecule has 0 radical (unpaired) electrons. The van der Waals surface area contributed by atoms with Crippen LogP contribution in [0.25, 0.3) is 11.5 Å². The zero-order chi connectivity index (χ0) is 18.5. The van der Waals surface area contributed by atoms with Crippen LogP contribution < -0.4 is 4.74 Å². The number of likely N-dealkylation sites (tertiary alicyclic amines) is 1. The van der Waals surface area contributed by atoms with Crippen LogP contribution in [-0.4, -0.2) is 40.0 Å². The Labute approximate surface area is 182 Å². The maximum atomic E-state index is 13.0. The van der Waals surface area contributed by atoms with Gasteiger partial charge >= 0.3 is 0 Å². The molecule has 1 aromatic carbocycles. The second kappa shape index (κ2) is 10.8. The molecule has 1 aliphatic rings. The lowest BCUT2D eigenvalue weighted by atomic mass is 10.0. The number of rotatable bonds is 5. The fraction of sp³-hybridized carbons (Fsp3) is 0.286. The van der Waals surface area contributed by atoms with Gasteiger partial charge < -0.3 is 14.1 Å². The molecule has 154 valence electrons. The first kappa shape index (κ1) is 22.7. The Morgan fingerprint density at radius 3 is 2.72 bits per heavy atom. The van der Waals surface area contributed by atoms with Crippen molar-refractivity contribution >= 4 is 30.7 Å². The fourth-order valence-electron chi connectivity index (χ4n) is 3.30. The predicted octanol–water partition coefficient (Wildman–Crippen LogP) is 4.65. The lowest BCUT2D eigenvalue weighted by Gasteiger charge is -2.35. The summed E-state index contributed by atoms with van der Waals surface area (Å²) in [5, 5.41) is 0. The highest BCUT2D eigenvalue weighted by Gasteiger charge is 2.30. The zero-order valence-electron chi connectivity index (χ0n) is 15.8. The van der Waals surface area contributed by atoms with Crippen molar-refractivity contribution in [3.05, 3.63) is 66.8 Å². The van der Waals surface area contributed by atoms with Crippen molar-refractivity contribution in [1.82, 2.24) is 14.9 Å². The second-order valence-corrected chi connectivity index (χ2v) is 6.55. The quantitative estimate of drug-likeness (QED) is 0.582. The van der Waals surface area contributed by atoms with Crippen molar-refractivity contribution in [2.45, 2.75) is 25.3 Å². The van der Waals surface area contributed by atoms with Gasteiger partial charge in [-0.1, -0.05) is 18.2 Å². The highest BCUT2D eigenvalue weighted by atomic mass is 35.5. The summed E-state index contributed by atoms with van der Waals surface area (Å²) in [5.41, 5.74) is 1.19. The summed E-state index contributed by atoms with van der Waals surface area (Å²) in [6.07, 6.45) is 7.81. The van der Waals surface area contributed by atoms with Crippen LogP contribution in [0.5, 0.6) is 5.75 Å². The van der Waals surface area contributed by atoms with Gasteiger partial charge in [-0.25, -0.2) is 4.98 Å². The van der Waals surface area contributed by atoms with Crippen LogP contribution in [-0.2, 0) is 0 Å². The van der Waals surface area contributed by atoms with E-state index in [-0.39, 0.29) is 36.8 Å². The first-order chi connectivity index (χ1) is 13.3. The Hall–Kier alpha value is -2.57. The van der Waals surface area contributed by atoms with E-state index in [4.69, 9.17) is 9.15 Å². The molecule has 0 N–H and O–H groups in total.